The topological polar surface area (TPSA) is 9.23 Å². The second-order valence-electron chi connectivity index (χ2n) is 1.84. The molecule has 0 spiro atoms. The lowest BCUT2D eigenvalue weighted by molar-refractivity contribution is -0.356. The predicted octanol–water partition coefficient (Wildman–Crippen LogP) is 2.99. The maximum Gasteiger partial charge on any atom is 0.419 e. The van der Waals surface area contributed by atoms with Crippen molar-refractivity contribution in [3.8, 4) is 0 Å². The van der Waals surface area contributed by atoms with E-state index in [-0.39, 0.29) is 0 Å². The summed E-state index contributed by atoms with van der Waals surface area (Å²) in [5, 5.41) is -4.78. The Labute approximate surface area is 72.4 Å². The molecule has 13 heavy (non-hydrogen) atoms. The molecule has 0 rings (SSSR count). The van der Waals surface area contributed by atoms with Gasteiger partial charge in [0.2, 0.25) is 0 Å². The van der Waals surface area contributed by atoms with Gasteiger partial charge in [-0.15, -0.1) is 0 Å². The molecule has 1 atom stereocenters. The summed E-state index contributed by atoms with van der Waals surface area (Å²) in [7, 11) is 0. The first-order valence-corrected chi connectivity index (χ1v) is 2.99. The van der Waals surface area contributed by atoms with Crippen molar-refractivity contribution in [2.24, 2.45) is 0 Å². The second kappa shape index (κ2) is 3.87. The highest BCUT2D eigenvalue weighted by Crippen LogP contribution is 2.34. The monoisotopic (exact) mass is 234 g/mol. The fourth-order valence-electron chi connectivity index (χ4n) is 0.256. The fraction of sp³-hybridized carbons (Fsp3) is 1.00. The molecule has 80 valence electrons. The third-order valence-corrected chi connectivity index (χ3v) is 0.944. The van der Waals surface area contributed by atoms with E-state index in [9.17, 15) is 30.7 Å². The lowest BCUT2D eigenvalue weighted by Gasteiger charge is -2.20. The molecule has 1 nitrogen and oxygen atoms in total. The molecule has 0 aliphatic heterocycles. The molecule has 0 saturated carbocycles. The van der Waals surface area contributed by atoms with Gasteiger partial charge in [0, 0.05) is 0 Å². The van der Waals surface area contributed by atoms with Crippen molar-refractivity contribution >= 4 is 11.6 Å². The van der Waals surface area contributed by atoms with Crippen LogP contribution in [-0.4, -0.2) is 24.3 Å². The number of hydrogen-bond acceptors (Lipinski definition) is 1. The number of ether oxygens (including phenoxy) is 1. The van der Waals surface area contributed by atoms with Crippen LogP contribution < -0.4 is 0 Å². The first kappa shape index (κ1) is 12.8. The molecule has 1 unspecified atom stereocenters. The lowest BCUT2D eigenvalue weighted by Crippen LogP contribution is -2.39. The Bertz CT molecular complexity index is 166. The van der Waals surface area contributed by atoms with Crippen LogP contribution in [0.2, 0.25) is 0 Å². The molecule has 0 aromatic heterocycles. The SMILES string of the molecule is FC(OC(F)(F)C(F)F)C(F)(F)Cl. The van der Waals surface area contributed by atoms with Crippen molar-refractivity contribution in [1.82, 2.24) is 0 Å². The summed E-state index contributed by atoms with van der Waals surface area (Å²) >= 11 is 3.88. The highest BCUT2D eigenvalue weighted by molar-refractivity contribution is 6.22. The van der Waals surface area contributed by atoms with Crippen LogP contribution >= 0.6 is 11.6 Å². The molecular weight excluding hydrogens is 232 g/mol. The molecule has 0 fully saturated rings. The maximum absolute atomic E-state index is 11.8. The van der Waals surface area contributed by atoms with Crippen LogP contribution in [0.4, 0.5) is 30.7 Å². The van der Waals surface area contributed by atoms with Crippen molar-refractivity contribution < 1.29 is 35.5 Å². The first-order valence-electron chi connectivity index (χ1n) is 2.62. The Balaban J connectivity index is 4.28. The predicted molar refractivity (Wildman–Crippen MR) is 27.7 cm³/mol. The molecule has 0 heterocycles. The van der Waals surface area contributed by atoms with Crippen molar-refractivity contribution in [2.45, 2.75) is 24.3 Å². The first-order chi connectivity index (χ1) is 5.57. The van der Waals surface area contributed by atoms with E-state index in [1.807, 2.05) is 0 Å². The number of rotatable bonds is 4. The van der Waals surface area contributed by atoms with Crippen molar-refractivity contribution in [2.75, 3.05) is 0 Å². The highest BCUT2D eigenvalue weighted by Gasteiger charge is 2.51. The molecule has 9 heteroatoms. The van der Waals surface area contributed by atoms with Crippen molar-refractivity contribution in [3.05, 3.63) is 0 Å². The average Bonchev–Trinajstić information content (AvgIpc) is 1.83. The average molecular weight is 234 g/mol. The molecule has 0 aromatic rings. The van der Waals surface area contributed by atoms with Crippen molar-refractivity contribution in [3.63, 3.8) is 0 Å². The van der Waals surface area contributed by atoms with Gasteiger partial charge < -0.3 is 0 Å². The summed E-state index contributed by atoms with van der Waals surface area (Å²) in [6.07, 6.45) is -13.7. The molecule has 0 aliphatic rings. The van der Waals surface area contributed by atoms with Crippen LogP contribution in [0.5, 0.6) is 0 Å². The minimum atomic E-state index is -5.29. The Morgan fingerprint density at radius 2 is 1.38 bits per heavy atom. The van der Waals surface area contributed by atoms with Gasteiger partial charge >= 0.3 is 17.9 Å². The maximum atomic E-state index is 11.8. The molecule has 0 bridgehead atoms. The van der Waals surface area contributed by atoms with E-state index in [1.165, 1.54) is 0 Å². The number of hydrogen-bond donors (Lipinski definition) is 0. The minimum absolute atomic E-state index is 2.43. The molecular formula is C4H2ClF7O. The Kier molecular flexibility index (Phi) is 3.80. The van der Waals surface area contributed by atoms with Crippen LogP contribution in [0.25, 0.3) is 0 Å². The summed E-state index contributed by atoms with van der Waals surface area (Å²) < 4.78 is 83.4. The second-order valence-corrected chi connectivity index (χ2v) is 2.34. The molecule has 0 N–H and O–H groups in total. The highest BCUT2D eigenvalue weighted by atomic mass is 35.5. The zero-order valence-corrected chi connectivity index (χ0v) is 6.34. The Hall–Kier alpha value is -0.240. The van der Waals surface area contributed by atoms with E-state index in [0.29, 0.717) is 0 Å². The smallest absolute Gasteiger partial charge is 0.274 e. The van der Waals surface area contributed by atoms with Gasteiger partial charge in [0.1, 0.15) is 0 Å². The number of halogens is 8. The normalized spacial score (nSPS) is 16.4. The molecule has 0 amide bonds. The van der Waals surface area contributed by atoms with Crippen LogP contribution in [0.15, 0.2) is 0 Å². The van der Waals surface area contributed by atoms with Gasteiger partial charge in [-0.25, -0.2) is 13.2 Å². The standard InChI is InChI=1S/C4H2ClF7O/c5-3(9,10)2(8)13-4(11,12)1(6)7/h1-2H. The third-order valence-electron chi connectivity index (χ3n) is 0.772. The third kappa shape index (κ3) is 3.99. The molecule has 0 aliphatic carbocycles. The molecule has 0 radical (unpaired) electrons. The van der Waals surface area contributed by atoms with Gasteiger partial charge in [-0.3, -0.25) is 4.74 Å². The van der Waals surface area contributed by atoms with Gasteiger partial charge in [-0.05, 0) is 11.6 Å². The van der Waals surface area contributed by atoms with Crippen LogP contribution in [0, 0.1) is 0 Å². The summed E-state index contributed by atoms with van der Waals surface area (Å²) in [5.74, 6) is 0. The van der Waals surface area contributed by atoms with E-state index in [0.717, 1.165) is 0 Å². The van der Waals surface area contributed by atoms with E-state index < -0.39 is 24.3 Å². The lowest BCUT2D eigenvalue weighted by atomic mass is 10.6. The summed E-state index contributed by atoms with van der Waals surface area (Å²) in [4.78, 5) is 0. The van der Waals surface area contributed by atoms with E-state index in [4.69, 9.17) is 0 Å². The van der Waals surface area contributed by atoms with Gasteiger partial charge in [0.15, 0.2) is 0 Å². The Morgan fingerprint density at radius 1 is 1.00 bits per heavy atom. The minimum Gasteiger partial charge on any atom is -0.274 e. The summed E-state index contributed by atoms with van der Waals surface area (Å²) in [5.41, 5.74) is 0. The summed E-state index contributed by atoms with van der Waals surface area (Å²) in [6.45, 7) is 0. The Morgan fingerprint density at radius 3 is 1.62 bits per heavy atom. The summed E-state index contributed by atoms with van der Waals surface area (Å²) in [6, 6.07) is 0. The van der Waals surface area contributed by atoms with Crippen LogP contribution in [0.1, 0.15) is 0 Å². The van der Waals surface area contributed by atoms with Gasteiger partial charge in [-0.1, -0.05) is 0 Å². The van der Waals surface area contributed by atoms with E-state index in [2.05, 4.69) is 16.3 Å². The fourth-order valence-corrected chi connectivity index (χ4v) is 0.301. The largest absolute Gasteiger partial charge is 0.419 e. The quantitative estimate of drug-likeness (QED) is 0.537. The van der Waals surface area contributed by atoms with Gasteiger partial charge in [0.05, 0.1) is 0 Å². The van der Waals surface area contributed by atoms with Gasteiger partial charge in [-0.2, -0.15) is 17.6 Å². The zero-order chi connectivity index (χ0) is 10.9. The van der Waals surface area contributed by atoms with E-state index in [1.54, 1.807) is 0 Å². The number of alkyl halides is 8. The van der Waals surface area contributed by atoms with E-state index >= 15 is 0 Å². The molecule has 0 aromatic carbocycles. The van der Waals surface area contributed by atoms with Crippen molar-refractivity contribution in [1.29, 1.82) is 0 Å². The molecule has 0 saturated heterocycles. The van der Waals surface area contributed by atoms with Gasteiger partial charge in [0.25, 0.3) is 6.36 Å². The van der Waals surface area contributed by atoms with Crippen LogP contribution in [0.3, 0.4) is 0 Å². The zero-order valence-electron chi connectivity index (χ0n) is 5.59. The van der Waals surface area contributed by atoms with Crippen LogP contribution in [-0.2, 0) is 4.74 Å².